The van der Waals surface area contributed by atoms with Gasteiger partial charge in [-0.05, 0) is 37.8 Å². The molecule has 1 atom stereocenters. The molecule has 1 N–H and O–H groups in total. The van der Waals surface area contributed by atoms with Gasteiger partial charge in [-0.25, -0.2) is 0 Å². The fourth-order valence-electron chi connectivity index (χ4n) is 3.20. The predicted octanol–water partition coefficient (Wildman–Crippen LogP) is 2.08. The van der Waals surface area contributed by atoms with E-state index in [4.69, 9.17) is 4.74 Å². The van der Waals surface area contributed by atoms with Crippen molar-refractivity contribution in [3.05, 3.63) is 53.3 Å². The number of hydrogen-bond acceptors (Lipinski definition) is 4. The Morgan fingerprint density at radius 2 is 2.04 bits per heavy atom. The Labute approximate surface area is 147 Å². The lowest BCUT2D eigenvalue weighted by Gasteiger charge is -2.27. The molecule has 0 spiro atoms. The fourth-order valence-corrected chi connectivity index (χ4v) is 3.20. The molecule has 0 fully saturated rings. The topological polar surface area (TPSA) is 73.2 Å². The maximum absolute atomic E-state index is 12.5. The zero-order valence-corrected chi connectivity index (χ0v) is 14.6. The van der Waals surface area contributed by atoms with Gasteiger partial charge in [0.2, 0.25) is 0 Å². The van der Waals surface area contributed by atoms with Crippen LogP contribution in [0.25, 0.3) is 0 Å². The van der Waals surface area contributed by atoms with Crippen molar-refractivity contribution >= 4 is 11.9 Å². The van der Waals surface area contributed by atoms with Crippen LogP contribution >= 0.6 is 0 Å². The highest BCUT2D eigenvalue weighted by atomic mass is 16.5. The first-order chi connectivity index (χ1) is 12.0. The summed E-state index contributed by atoms with van der Waals surface area (Å²) in [6.07, 6.45) is 3.16. The van der Waals surface area contributed by atoms with Gasteiger partial charge >= 0.3 is 5.97 Å². The second kappa shape index (κ2) is 7.09. The lowest BCUT2D eigenvalue weighted by Crippen LogP contribution is -2.45. The standard InChI is InChI=1S/C19H23N3O3/c1-19(18(24)25-2,14-8-4-3-5-9-14)13-20-17(23)16-12-15-10-6-7-11-22(15)21-16/h3-5,8-9,12H,6-7,10-11,13H2,1-2H3,(H,20,23). The van der Waals surface area contributed by atoms with Gasteiger partial charge in [0, 0.05) is 18.8 Å². The minimum atomic E-state index is -0.953. The van der Waals surface area contributed by atoms with Crippen LogP contribution in [0.5, 0.6) is 0 Å². The average molecular weight is 341 g/mol. The van der Waals surface area contributed by atoms with Crippen molar-refractivity contribution in [3.8, 4) is 0 Å². The summed E-state index contributed by atoms with van der Waals surface area (Å²) in [5, 5.41) is 7.22. The van der Waals surface area contributed by atoms with Crippen molar-refractivity contribution in [2.24, 2.45) is 0 Å². The second-order valence-electron chi connectivity index (χ2n) is 6.57. The Kier molecular flexibility index (Phi) is 4.88. The van der Waals surface area contributed by atoms with Crippen LogP contribution in [0.3, 0.4) is 0 Å². The van der Waals surface area contributed by atoms with Crippen molar-refractivity contribution in [2.45, 2.75) is 38.1 Å². The molecule has 132 valence electrons. The first kappa shape index (κ1) is 17.2. The number of esters is 1. The summed E-state index contributed by atoms with van der Waals surface area (Å²) in [5.74, 6) is -0.656. The molecule has 6 nitrogen and oxygen atoms in total. The molecule has 1 aromatic heterocycles. The number of benzene rings is 1. The maximum Gasteiger partial charge on any atom is 0.317 e. The third-order valence-electron chi connectivity index (χ3n) is 4.80. The number of aromatic nitrogens is 2. The summed E-state index contributed by atoms with van der Waals surface area (Å²) in [6.45, 7) is 2.77. The van der Waals surface area contributed by atoms with Gasteiger partial charge in [-0.3, -0.25) is 14.3 Å². The normalized spacial score (nSPS) is 15.8. The predicted molar refractivity (Wildman–Crippen MR) is 93.3 cm³/mol. The van der Waals surface area contributed by atoms with Gasteiger partial charge in [0.05, 0.1) is 7.11 Å². The van der Waals surface area contributed by atoms with E-state index in [1.807, 2.05) is 41.1 Å². The Hall–Kier alpha value is -2.63. The number of methoxy groups -OCH3 is 1. The smallest absolute Gasteiger partial charge is 0.317 e. The molecule has 25 heavy (non-hydrogen) atoms. The molecule has 1 amide bonds. The van der Waals surface area contributed by atoms with Crippen LogP contribution in [0.1, 0.15) is 41.5 Å². The molecule has 0 aliphatic carbocycles. The number of nitrogens with one attached hydrogen (secondary N) is 1. The molecular formula is C19H23N3O3. The molecule has 6 heteroatoms. The number of carbonyl (C=O) groups excluding carboxylic acids is 2. The minimum absolute atomic E-state index is 0.144. The minimum Gasteiger partial charge on any atom is -0.468 e. The highest BCUT2D eigenvalue weighted by Crippen LogP contribution is 2.25. The Balaban J connectivity index is 1.76. The zero-order chi connectivity index (χ0) is 17.9. The summed E-state index contributed by atoms with van der Waals surface area (Å²) < 4.78 is 6.86. The van der Waals surface area contributed by atoms with E-state index in [1.54, 1.807) is 6.92 Å². The molecule has 2 heterocycles. The Morgan fingerprint density at radius 3 is 2.72 bits per heavy atom. The van der Waals surface area contributed by atoms with E-state index in [2.05, 4.69) is 10.4 Å². The molecule has 1 unspecified atom stereocenters. The molecule has 1 aliphatic rings. The fraction of sp³-hybridized carbons (Fsp3) is 0.421. The molecule has 1 aromatic carbocycles. The van der Waals surface area contributed by atoms with Gasteiger partial charge < -0.3 is 10.1 Å². The van der Waals surface area contributed by atoms with Crippen molar-refractivity contribution < 1.29 is 14.3 Å². The number of aryl methyl sites for hydroxylation is 2. The number of nitrogens with zero attached hydrogens (tertiary/aromatic N) is 2. The van der Waals surface area contributed by atoms with Crippen LogP contribution in [0, 0.1) is 0 Å². The molecule has 2 aromatic rings. The van der Waals surface area contributed by atoms with Gasteiger partial charge in [0.15, 0.2) is 0 Å². The van der Waals surface area contributed by atoms with Gasteiger partial charge in [0.1, 0.15) is 11.1 Å². The number of rotatable bonds is 5. The van der Waals surface area contributed by atoms with E-state index in [0.717, 1.165) is 37.1 Å². The number of fused-ring (bicyclic) bond motifs is 1. The van der Waals surface area contributed by atoms with E-state index in [1.165, 1.54) is 7.11 Å². The lowest BCUT2D eigenvalue weighted by atomic mass is 9.82. The van der Waals surface area contributed by atoms with Crippen molar-refractivity contribution in [1.82, 2.24) is 15.1 Å². The second-order valence-corrected chi connectivity index (χ2v) is 6.57. The molecule has 3 rings (SSSR count). The van der Waals surface area contributed by atoms with Crippen LogP contribution < -0.4 is 5.32 Å². The quantitative estimate of drug-likeness (QED) is 0.845. The summed E-state index contributed by atoms with van der Waals surface area (Å²) in [6, 6.07) is 11.2. The first-order valence-electron chi connectivity index (χ1n) is 8.53. The average Bonchev–Trinajstić information content (AvgIpc) is 3.10. The van der Waals surface area contributed by atoms with Crippen molar-refractivity contribution in [2.75, 3.05) is 13.7 Å². The van der Waals surface area contributed by atoms with E-state index in [-0.39, 0.29) is 18.4 Å². The largest absolute Gasteiger partial charge is 0.468 e. The van der Waals surface area contributed by atoms with Crippen molar-refractivity contribution in [3.63, 3.8) is 0 Å². The molecule has 0 saturated carbocycles. The van der Waals surface area contributed by atoms with E-state index in [9.17, 15) is 9.59 Å². The van der Waals surface area contributed by atoms with Gasteiger partial charge in [-0.1, -0.05) is 30.3 Å². The van der Waals surface area contributed by atoms with E-state index in [0.29, 0.717) is 5.69 Å². The van der Waals surface area contributed by atoms with Crippen LogP contribution in [-0.4, -0.2) is 35.3 Å². The molecule has 0 bridgehead atoms. The van der Waals surface area contributed by atoms with Crippen molar-refractivity contribution in [1.29, 1.82) is 0 Å². The van der Waals surface area contributed by atoms with E-state index < -0.39 is 5.41 Å². The van der Waals surface area contributed by atoms with Gasteiger partial charge in [-0.15, -0.1) is 0 Å². The van der Waals surface area contributed by atoms with Crippen LogP contribution in [0.2, 0.25) is 0 Å². The molecule has 1 aliphatic heterocycles. The molecule has 0 radical (unpaired) electrons. The number of carbonyl (C=O) groups is 2. The third-order valence-corrected chi connectivity index (χ3v) is 4.80. The monoisotopic (exact) mass is 341 g/mol. The number of amides is 1. The Bertz CT molecular complexity index is 746. The van der Waals surface area contributed by atoms with Gasteiger partial charge in [0.25, 0.3) is 5.91 Å². The highest BCUT2D eigenvalue weighted by molar-refractivity contribution is 5.93. The van der Waals surface area contributed by atoms with E-state index >= 15 is 0 Å². The zero-order valence-electron chi connectivity index (χ0n) is 14.6. The lowest BCUT2D eigenvalue weighted by molar-refractivity contribution is -0.146. The summed E-state index contributed by atoms with van der Waals surface area (Å²) in [5.41, 5.74) is 1.34. The first-order valence-corrected chi connectivity index (χ1v) is 8.53. The summed E-state index contributed by atoms with van der Waals surface area (Å²) in [4.78, 5) is 24.9. The summed E-state index contributed by atoms with van der Waals surface area (Å²) in [7, 11) is 1.36. The Morgan fingerprint density at radius 1 is 1.28 bits per heavy atom. The summed E-state index contributed by atoms with van der Waals surface area (Å²) >= 11 is 0. The molecular weight excluding hydrogens is 318 g/mol. The highest BCUT2D eigenvalue weighted by Gasteiger charge is 2.37. The van der Waals surface area contributed by atoms with Crippen LogP contribution in [-0.2, 0) is 27.9 Å². The number of hydrogen-bond donors (Lipinski definition) is 1. The van der Waals surface area contributed by atoms with Crippen LogP contribution in [0.4, 0.5) is 0 Å². The van der Waals surface area contributed by atoms with Gasteiger partial charge in [-0.2, -0.15) is 5.10 Å². The van der Waals surface area contributed by atoms with Crippen LogP contribution in [0.15, 0.2) is 36.4 Å². The maximum atomic E-state index is 12.5. The SMILES string of the molecule is COC(=O)C(C)(CNC(=O)c1cc2n(n1)CCCC2)c1ccccc1. The number of ether oxygens (including phenoxy) is 1. The molecule has 0 saturated heterocycles. The third kappa shape index (κ3) is 3.43.